The van der Waals surface area contributed by atoms with Crippen molar-refractivity contribution in [3.05, 3.63) is 40.3 Å². The molecule has 0 aliphatic heterocycles. The van der Waals surface area contributed by atoms with Gasteiger partial charge in [-0.1, -0.05) is 0 Å². The standard InChI is InChI=1S/C10H8N2O2/c1-6(13)7-5-12-8-3-2-4-11-9(8)10(7)14/h2-5H,1H3,(H,12,14). The van der Waals surface area contributed by atoms with Crippen LogP contribution in [-0.2, 0) is 0 Å². The number of ketones is 1. The van der Waals surface area contributed by atoms with E-state index in [9.17, 15) is 9.59 Å². The molecular weight excluding hydrogens is 180 g/mol. The van der Waals surface area contributed by atoms with Gasteiger partial charge < -0.3 is 4.98 Å². The van der Waals surface area contributed by atoms with Crippen LogP contribution in [0.25, 0.3) is 11.0 Å². The first-order chi connectivity index (χ1) is 6.70. The van der Waals surface area contributed by atoms with Crippen LogP contribution >= 0.6 is 0 Å². The fourth-order valence-electron chi connectivity index (χ4n) is 1.31. The van der Waals surface area contributed by atoms with Crippen LogP contribution in [0.2, 0.25) is 0 Å². The number of H-pyrrole nitrogens is 1. The first kappa shape index (κ1) is 8.62. The molecule has 2 rings (SSSR count). The van der Waals surface area contributed by atoms with Crippen LogP contribution in [-0.4, -0.2) is 15.8 Å². The van der Waals surface area contributed by atoms with Crippen molar-refractivity contribution in [1.82, 2.24) is 9.97 Å². The van der Waals surface area contributed by atoms with Gasteiger partial charge in [0.25, 0.3) is 0 Å². The summed E-state index contributed by atoms with van der Waals surface area (Å²) in [6.45, 7) is 1.36. The molecule has 0 aliphatic rings. The Kier molecular flexibility index (Phi) is 1.89. The molecule has 0 unspecified atom stereocenters. The zero-order valence-corrected chi connectivity index (χ0v) is 7.57. The number of pyridine rings is 2. The topological polar surface area (TPSA) is 62.8 Å². The van der Waals surface area contributed by atoms with Gasteiger partial charge in [-0.15, -0.1) is 0 Å². The highest BCUT2D eigenvalue weighted by Gasteiger charge is 2.08. The molecule has 4 heteroatoms. The third-order valence-corrected chi connectivity index (χ3v) is 2.02. The Balaban J connectivity index is 2.89. The highest BCUT2D eigenvalue weighted by Crippen LogP contribution is 2.03. The van der Waals surface area contributed by atoms with Gasteiger partial charge in [0.15, 0.2) is 5.78 Å². The molecule has 70 valence electrons. The number of nitrogens with one attached hydrogen (secondary N) is 1. The Morgan fingerprint density at radius 2 is 2.29 bits per heavy atom. The van der Waals surface area contributed by atoms with Crippen molar-refractivity contribution in [2.75, 3.05) is 0 Å². The summed E-state index contributed by atoms with van der Waals surface area (Å²) in [5.74, 6) is -0.251. The van der Waals surface area contributed by atoms with Crippen molar-refractivity contribution in [3.63, 3.8) is 0 Å². The predicted octanol–water partition coefficient (Wildman–Crippen LogP) is 1.13. The Bertz CT molecular complexity index is 557. The lowest BCUT2D eigenvalue weighted by Gasteiger charge is -1.98. The summed E-state index contributed by atoms with van der Waals surface area (Å²) >= 11 is 0. The SMILES string of the molecule is CC(=O)c1c[nH]c2cccnc2c1=O. The van der Waals surface area contributed by atoms with Gasteiger partial charge in [-0.25, -0.2) is 0 Å². The molecular formula is C10H8N2O2. The molecule has 0 aromatic carbocycles. The maximum Gasteiger partial charge on any atom is 0.218 e. The fourth-order valence-corrected chi connectivity index (χ4v) is 1.31. The second-order valence-corrected chi connectivity index (χ2v) is 2.99. The van der Waals surface area contributed by atoms with E-state index in [1.165, 1.54) is 19.3 Å². The molecule has 0 saturated heterocycles. The van der Waals surface area contributed by atoms with Gasteiger partial charge in [0.1, 0.15) is 5.52 Å². The highest BCUT2D eigenvalue weighted by molar-refractivity contribution is 5.96. The third kappa shape index (κ3) is 1.21. The Hall–Kier alpha value is -1.97. The van der Waals surface area contributed by atoms with Crippen molar-refractivity contribution in [2.45, 2.75) is 6.92 Å². The second kappa shape index (κ2) is 3.06. The van der Waals surface area contributed by atoms with Gasteiger partial charge in [0.05, 0.1) is 11.1 Å². The molecule has 0 amide bonds. The molecule has 1 N–H and O–H groups in total. The van der Waals surface area contributed by atoms with E-state index in [2.05, 4.69) is 9.97 Å². The van der Waals surface area contributed by atoms with Crippen molar-refractivity contribution in [1.29, 1.82) is 0 Å². The molecule has 0 spiro atoms. The number of carbonyl (C=O) groups is 1. The van der Waals surface area contributed by atoms with Crippen molar-refractivity contribution in [3.8, 4) is 0 Å². The van der Waals surface area contributed by atoms with E-state index in [4.69, 9.17) is 0 Å². The number of carbonyl (C=O) groups excluding carboxylic acids is 1. The molecule has 0 saturated carbocycles. The summed E-state index contributed by atoms with van der Waals surface area (Å²) in [7, 11) is 0. The molecule has 0 aliphatic carbocycles. The largest absolute Gasteiger partial charge is 0.359 e. The van der Waals surface area contributed by atoms with Gasteiger partial charge in [-0.05, 0) is 19.1 Å². The summed E-state index contributed by atoms with van der Waals surface area (Å²) in [4.78, 5) is 29.5. The minimum atomic E-state index is -0.313. The zero-order valence-electron chi connectivity index (χ0n) is 7.57. The molecule has 2 aromatic heterocycles. The minimum absolute atomic E-state index is 0.149. The maximum atomic E-state index is 11.7. The average Bonchev–Trinajstić information content (AvgIpc) is 2.18. The minimum Gasteiger partial charge on any atom is -0.359 e. The van der Waals surface area contributed by atoms with E-state index in [0.717, 1.165) is 0 Å². The van der Waals surface area contributed by atoms with E-state index in [1.807, 2.05) is 0 Å². The smallest absolute Gasteiger partial charge is 0.218 e. The van der Waals surface area contributed by atoms with Gasteiger partial charge >= 0.3 is 0 Å². The molecule has 2 heterocycles. The molecule has 0 radical (unpaired) electrons. The number of hydrogen-bond acceptors (Lipinski definition) is 3. The van der Waals surface area contributed by atoms with Crippen LogP contribution < -0.4 is 5.43 Å². The molecule has 0 bridgehead atoms. The number of hydrogen-bond donors (Lipinski definition) is 1. The summed E-state index contributed by atoms with van der Waals surface area (Å²) in [6.07, 6.45) is 2.95. The summed E-state index contributed by atoms with van der Waals surface area (Å²) < 4.78 is 0. The van der Waals surface area contributed by atoms with Crippen LogP contribution in [0.1, 0.15) is 17.3 Å². The normalized spacial score (nSPS) is 10.4. The Morgan fingerprint density at radius 3 is 3.00 bits per heavy atom. The van der Waals surface area contributed by atoms with Gasteiger partial charge in [-0.2, -0.15) is 0 Å². The lowest BCUT2D eigenvalue weighted by Crippen LogP contribution is -2.14. The van der Waals surface area contributed by atoms with E-state index in [0.29, 0.717) is 11.0 Å². The maximum absolute atomic E-state index is 11.7. The van der Waals surface area contributed by atoms with Crippen LogP contribution in [0, 0.1) is 0 Å². The molecule has 4 nitrogen and oxygen atoms in total. The van der Waals surface area contributed by atoms with Crippen molar-refractivity contribution < 1.29 is 4.79 Å². The monoisotopic (exact) mass is 188 g/mol. The summed E-state index contributed by atoms with van der Waals surface area (Å²) in [5.41, 5.74) is 0.783. The zero-order chi connectivity index (χ0) is 10.1. The lowest BCUT2D eigenvalue weighted by molar-refractivity contribution is 0.101. The predicted molar refractivity (Wildman–Crippen MR) is 52.4 cm³/mol. The number of Topliss-reactive ketones (excluding diaryl/α,β-unsaturated/α-hetero) is 1. The molecule has 0 fully saturated rings. The molecule has 0 atom stereocenters. The Morgan fingerprint density at radius 1 is 1.50 bits per heavy atom. The highest BCUT2D eigenvalue weighted by atomic mass is 16.1. The van der Waals surface area contributed by atoms with Crippen LogP contribution in [0.15, 0.2) is 29.3 Å². The number of aromatic amines is 1. The third-order valence-electron chi connectivity index (χ3n) is 2.02. The lowest BCUT2D eigenvalue weighted by atomic mass is 10.2. The van der Waals surface area contributed by atoms with Gasteiger partial charge in [-0.3, -0.25) is 14.6 Å². The fraction of sp³-hybridized carbons (Fsp3) is 0.100. The van der Waals surface area contributed by atoms with E-state index < -0.39 is 0 Å². The number of fused-ring (bicyclic) bond motifs is 1. The van der Waals surface area contributed by atoms with Crippen molar-refractivity contribution >= 4 is 16.8 Å². The number of nitrogens with zero attached hydrogens (tertiary/aromatic N) is 1. The first-order valence-electron chi connectivity index (χ1n) is 4.17. The van der Waals surface area contributed by atoms with Crippen LogP contribution in [0.4, 0.5) is 0 Å². The van der Waals surface area contributed by atoms with Crippen molar-refractivity contribution in [2.24, 2.45) is 0 Å². The van der Waals surface area contributed by atoms with E-state index in [-0.39, 0.29) is 16.8 Å². The average molecular weight is 188 g/mol. The van der Waals surface area contributed by atoms with Gasteiger partial charge in [0.2, 0.25) is 5.43 Å². The van der Waals surface area contributed by atoms with E-state index >= 15 is 0 Å². The number of rotatable bonds is 1. The van der Waals surface area contributed by atoms with Crippen LogP contribution in [0.5, 0.6) is 0 Å². The molecule has 14 heavy (non-hydrogen) atoms. The summed E-state index contributed by atoms with van der Waals surface area (Å²) in [5, 5.41) is 0. The van der Waals surface area contributed by atoms with Crippen LogP contribution in [0.3, 0.4) is 0 Å². The summed E-state index contributed by atoms with van der Waals surface area (Å²) in [6, 6.07) is 3.47. The first-order valence-corrected chi connectivity index (χ1v) is 4.17. The second-order valence-electron chi connectivity index (χ2n) is 2.99. The van der Waals surface area contributed by atoms with E-state index in [1.54, 1.807) is 12.1 Å². The molecule has 2 aromatic rings. The van der Waals surface area contributed by atoms with Gasteiger partial charge in [0, 0.05) is 12.4 Å². The Labute approximate surface area is 79.6 Å². The number of aromatic nitrogens is 2. The quantitative estimate of drug-likeness (QED) is 0.682.